The molecule has 2 aliphatic heterocycles. The molecule has 2 atom stereocenters. The molecule has 0 aromatic carbocycles. The van der Waals surface area contributed by atoms with Crippen molar-refractivity contribution in [2.75, 3.05) is 0 Å². The largest absolute Gasteiger partial charge is 0.449 e. The topological polar surface area (TPSA) is 88.2 Å². The van der Waals surface area contributed by atoms with Crippen LogP contribution < -0.4 is 0 Å². The van der Waals surface area contributed by atoms with Crippen molar-refractivity contribution in [3.63, 3.8) is 0 Å². The molecular formula is C17H15N3O3. The number of pyridine rings is 1. The molecular weight excluding hydrogens is 294 g/mol. The van der Waals surface area contributed by atoms with Gasteiger partial charge in [0, 0.05) is 23.5 Å². The van der Waals surface area contributed by atoms with Crippen molar-refractivity contribution < 1.29 is 14.2 Å². The summed E-state index contributed by atoms with van der Waals surface area (Å²) in [5.41, 5.74) is 1.63. The van der Waals surface area contributed by atoms with Crippen molar-refractivity contribution in [1.82, 2.24) is 4.98 Å². The summed E-state index contributed by atoms with van der Waals surface area (Å²) >= 11 is 0. The van der Waals surface area contributed by atoms with Gasteiger partial charge < -0.3 is 19.6 Å². The first-order chi connectivity index (χ1) is 11.3. The number of allylic oxidation sites excluding steroid dienone is 3. The molecule has 116 valence electrons. The first-order valence-corrected chi connectivity index (χ1v) is 7.24. The fourth-order valence-electron chi connectivity index (χ4n) is 2.39. The Hall–Kier alpha value is -3.07. The molecule has 0 bridgehead atoms. The Bertz CT molecular complexity index is 744. The van der Waals surface area contributed by atoms with E-state index >= 15 is 0 Å². The fraction of sp³-hybridized carbons (Fsp3) is 0.235. The highest BCUT2D eigenvalue weighted by Gasteiger charge is 2.46. The van der Waals surface area contributed by atoms with E-state index in [0.717, 1.165) is 18.2 Å². The quantitative estimate of drug-likeness (QED) is 0.682. The standard InChI is InChI=1S/C17H15N3O3/c1-2-3-6-12-14(9-19)21-17-15(12)22-16(23-17)13(8-18)11-5-4-7-20-10-11/h3-7,9-10,15,17,19H,2H2,1H3/b6-3-,16-13-,19-9?. The molecule has 3 rings (SSSR count). The average Bonchev–Trinajstić information content (AvgIpc) is 3.12. The molecule has 0 saturated carbocycles. The van der Waals surface area contributed by atoms with Gasteiger partial charge in [-0.1, -0.05) is 25.1 Å². The number of nitrogens with zero attached hydrogens (tertiary/aromatic N) is 2. The maximum atomic E-state index is 9.41. The van der Waals surface area contributed by atoms with Gasteiger partial charge in [0.1, 0.15) is 17.4 Å². The number of ether oxygens (including phenoxy) is 3. The van der Waals surface area contributed by atoms with Crippen LogP contribution in [-0.4, -0.2) is 23.6 Å². The minimum Gasteiger partial charge on any atom is -0.449 e. The monoisotopic (exact) mass is 309 g/mol. The molecule has 1 fully saturated rings. The Morgan fingerprint density at radius 1 is 1.43 bits per heavy atom. The highest BCUT2D eigenvalue weighted by molar-refractivity contribution is 5.78. The van der Waals surface area contributed by atoms with Crippen LogP contribution in [0.25, 0.3) is 5.57 Å². The molecule has 1 aromatic heterocycles. The fourth-order valence-corrected chi connectivity index (χ4v) is 2.39. The third-order valence-corrected chi connectivity index (χ3v) is 3.47. The first kappa shape index (κ1) is 14.9. The van der Waals surface area contributed by atoms with Crippen LogP contribution in [-0.2, 0) is 14.2 Å². The number of aromatic nitrogens is 1. The van der Waals surface area contributed by atoms with Gasteiger partial charge >= 0.3 is 5.95 Å². The van der Waals surface area contributed by atoms with E-state index in [1.54, 1.807) is 24.5 Å². The Kier molecular flexibility index (Phi) is 4.11. The molecule has 0 amide bonds. The summed E-state index contributed by atoms with van der Waals surface area (Å²) in [5, 5.41) is 16.8. The van der Waals surface area contributed by atoms with Gasteiger partial charge in [-0.3, -0.25) is 4.98 Å². The lowest BCUT2D eigenvalue weighted by Gasteiger charge is -2.07. The molecule has 1 aromatic rings. The van der Waals surface area contributed by atoms with Crippen molar-refractivity contribution in [2.24, 2.45) is 0 Å². The molecule has 23 heavy (non-hydrogen) atoms. The average molecular weight is 309 g/mol. The molecule has 0 aliphatic carbocycles. The first-order valence-electron chi connectivity index (χ1n) is 7.24. The van der Waals surface area contributed by atoms with Crippen LogP contribution in [0.15, 0.2) is 54.0 Å². The molecule has 2 unspecified atom stereocenters. The smallest absolute Gasteiger partial charge is 0.302 e. The summed E-state index contributed by atoms with van der Waals surface area (Å²) < 4.78 is 17.0. The van der Waals surface area contributed by atoms with Gasteiger partial charge in [0.15, 0.2) is 0 Å². The normalized spacial score (nSPS) is 24.5. The summed E-state index contributed by atoms with van der Waals surface area (Å²) in [6, 6.07) is 5.59. The van der Waals surface area contributed by atoms with Crippen molar-refractivity contribution in [1.29, 1.82) is 10.7 Å². The predicted octanol–water partition coefficient (Wildman–Crippen LogP) is 2.92. The van der Waals surface area contributed by atoms with E-state index in [1.165, 1.54) is 0 Å². The summed E-state index contributed by atoms with van der Waals surface area (Å²) in [4.78, 5) is 4.00. The molecule has 1 N–H and O–H groups in total. The highest BCUT2D eigenvalue weighted by atomic mass is 16.8. The van der Waals surface area contributed by atoms with Gasteiger partial charge in [0.25, 0.3) is 6.29 Å². The second-order valence-corrected chi connectivity index (χ2v) is 4.93. The Morgan fingerprint density at radius 2 is 2.30 bits per heavy atom. The Balaban J connectivity index is 1.93. The van der Waals surface area contributed by atoms with Gasteiger partial charge in [0.2, 0.25) is 6.10 Å². The van der Waals surface area contributed by atoms with E-state index in [0.29, 0.717) is 11.3 Å². The molecule has 6 heteroatoms. The molecule has 3 heterocycles. The summed E-state index contributed by atoms with van der Waals surface area (Å²) in [7, 11) is 0. The van der Waals surface area contributed by atoms with Crippen molar-refractivity contribution in [3.05, 3.63) is 59.5 Å². The van der Waals surface area contributed by atoms with Crippen LogP contribution in [0, 0.1) is 16.7 Å². The summed E-state index contributed by atoms with van der Waals surface area (Å²) in [6.45, 7) is 2.02. The van der Waals surface area contributed by atoms with Crippen LogP contribution in [0.3, 0.4) is 0 Å². The maximum absolute atomic E-state index is 9.41. The van der Waals surface area contributed by atoms with Gasteiger partial charge in [-0.2, -0.15) is 5.26 Å². The molecule has 0 radical (unpaired) electrons. The minimum atomic E-state index is -0.682. The van der Waals surface area contributed by atoms with Gasteiger partial charge in [0.05, 0.1) is 6.21 Å². The van der Waals surface area contributed by atoms with Crippen molar-refractivity contribution >= 4 is 11.8 Å². The minimum absolute atomic E-state index is 0.127. The number of nitriles is 1. The zero-order chi connectivity index (χ0) is 16.2. The number of nitrogens with one attached hydrogen (secondary N) is 1. The number of fused-ring (bicyclic) bond motifs is 1. The van der Waals surface area contributed by atoms with Crippen LogP contribution in [0.5, 0.6) is 0 Å². The Labute approximate surface area is 133 Å². The van der Waals surface area contributed by atoms with E-state index in [9.17, 15) is 5.26 Å². The lowest BCUT2D eigenvalue weighted by molar-refractivity contribution is -0.0408. The highest BCUT2D eigenvalue weighted by Crippen LogP contribution is 2.39. The lowest BCUT2D eigenvalue weighted by Crippen LogP contribution is -2.19. The van der Waals surface area contributed by atoms with Crippen LogP contribution in [0.4, 0.5) is 0 Å². The zero-order valence-corrected chi connectivity index (χ0v) is 12.5. The van der Waals surface area contributed by atoms with E-state index in [2.05, 4.69) is 11.1 Å². The van der Waals surface area contributed by atoms with Gasteiger partial charge in [-0.25, -0.2) is 0 Å². The van der Waals surface area contributed by atoms with E-state index in [1.807, 2.05) is 19.1 Å². The van der Waals surface area contributed by atoms with Crippen molar-refractivity contribution in [2.45, 2.75) is 25.7 Å². The second kappa shape index (κ2) is 6.36. The number of hydrogen-bond acceptors (Lipinski definition) is 6. The molecule has 6 nitrogen and oxygen atoms in total. The van der Waals surface area contributed by atoms with E-state index < -0.39 is 12.4 Å². The predicted molar refractivity (Wildman–Crippen MR) is 82.8 cm³/mol. The maximum Gasteiger partial charge on any atom is 0.302 e. The molecule has 1 saturated heterocycles. The zero-order valence-electron chi connectivity index (χ0n) is 12.5. The van der Waals surface area contributed by atoms with Crippen LogP contribution >= 0.6 is 0 Å². The van der Waals surface area contributed by atoms with Gasteiger partial charge in [-0.05, 0) is 12.5 Å². The summed E-state index contributed by atoms with van der Waals surface area (Å²) in [6.07, 6.45) is 7.86. The Morgan fingerprint density at radius 3 is 2.96 bits per heavy atom. The number of hydrogen-bond donors (Lipinski definition) is 1. The van der Waals surface area contributed by atoms with Gasteiger partial charge in [-0.15, -0.1) is 0 Å². The lowest BCUT2D eigenvalue weighted by atomic mass is 10.1. The third-order valence-electron chi connectivity index (χ3n) is 3.47. The van der Waals surface area contributed by atoms with Crippen LogP contribution in [0.1, 0.15) is 18.9 Å². The molecule has 0 spiro atoms. The van der Waals surface area contributed by atoms with E-state index in [4.69, 9.17) is 19.6 Å². The molecule has 2 aliphatic rings. The second-order valence-electron chi connectivity index (χ2n) is 4.93. The summed E-state index contributed by atoms with van der Waals surface area (Å²) in [5.74, 6) is 0.547. The number of rotatable bonds is 4. The third kappa shape index (κ3) is 2.69. The van der Waals surface area contributed by atoms with Crippen molar-refractivity contribution in [3.8, 4) is 6.07 Å². The van der Waals surface area contributed by atoms with E-state index in [-0.39, 0.29) is 11.5 Å². The van der Waals surface area contributed by atoms with Crippen LogP contribution in [0.2, 0.25) is 0 Å². The SMILES string of the molecule is CC/C=C\C1=C(C=N)OC2O/C(=C(/C#N)c3cccnc3)OC12.